The van der Waals surface area contributed by atoms with Gasteiger partial charge in [-0.3, -0.25) is 4.79 Å². The van der Waals surface area contributed by atoms with Gasteiger partial charge in [0.2, 0.25) is 0 Å². The Morgan fingerprint density at radius 2 is 2.17 bits per heavy atom. The predicted molar refractivity (Wildman–Crippen MR) is 70.3 cm³/mol. The zero-order chi connectivity index (χ0) is 12.8. The number of carboxylic acids is 1. The van der Waals surface area contributed by atoms with Gasteiger partial charge in [0.25, 0.3) is 0 Å². The first-order valence-electron chi connectivity index (χ1n) is 6.56. The molecule has 1 saturated heterocycles. The Bertz CT molecular complexity index is 357. The zero-order valence-corrected chi connectivity index (χ0v) is 10.5. The number of carboxylic acid groups (broad SMARTS) is 1. The van der Waals surface area contributed by atoms with Crippen molar-refractivity contribution in [1.82, 2.24) is 16.0 Å². The Kier molecular flexibility index (Phi) is 4.78. The maximum absolute atomic E-state index is 10.3. The molecule has 100 valence electrons. The second kappa shape index (κ2) is 6.56. The molecule has 0 spiro atoms. The summed E-state index contributed by atoms with van der Waals surface area (Å²) in [5, 5.41) is 17.6. The van der Waals surface area contributed by atoms with Gasteiger partial charge < -0.3 is 21.1 Å². The first-order chi connectivity index (χ1) is 8.77. The summed E-state index contributed by atoms with van der Waals surface area (Å²) in [6.07, 6.45) is 8.28. The molecule has 18 heavy (non-hydrogen) atoms. The van der Waals surface area contributed by atoms with Crippen molar-refractivity contribution in [3.05, 3.63) is 23.4 Å². The highest BCUT2D eigenvalue weighted by molar-refractivity contribution is 5.73. The van der Waals surface area contributed by atoms with Crippen molar-refractivity contribution in [3.8, 4) is 0 Å². The molecule has 0 aromatic heterocycles. The molecule has 1 aliphatic carbocycles. The van der Waals surface area contributed by atoms with E-state index in [1.165, 1.54) is 25.0 Å². The van der Waals surface area contributed by atoms with Crippen LogP contribution in [0.5, 0.6) is 0 Å². The van der Waals surface area contributed by atoms with Gasteiger partial charge in [-0.1, -0.05) is 6.08 Å². The molecule has 0 aromatic carbocycles. The molecule has 0 radical (unpaired) electrons. The number of allylic oxidation sites excluding steroid dienone is 2. The Balaban J connectivity index is 0.000000134. The van der Waals surface area contributed by atoms with Crippen LogP contribution in [0.15, 0.2) is 23.4 Å². The summed E-state index contributed by atoms with van der Waals surface area (Å²) >= 11 is 0. The predicted octanol–water partition coefficient (Wildman–Crippen LogP) is 0.216. The maximum atomic E-state index is 10.3. The lowest BCUT2D eigenvalue weighted by Crippen LogP contribution is -2.52. The van der Waals surface area contributed by atoms with Crippen LogP contribution in [0.1, 0.15) is 19.3 Å². The van der Waals surface area contributed by atoms with Crippen LogP contribution in [0, 0.1) is 0 Å². The monoisotopic (exact) mass is 251 g/mol. The molecular weight excluding hydrogens is 230 g/mol. The largest absolute Gasteiger partial charge is 0.480 e. The summed E-state index contributed by atoms with van der Waals surface area (Å²) in [6.45, 7) is 3.31. The van der Waals surface area contributed by atoms with E-state index < -0.39 is 12.0 Å². The smallest absolute Gasteiger partial charge is 0.322 e. The Labute approximate surface area is 107 Å². The van der Waals surface area contributed by atoms with E-state index in [1.807, 2.05) is 0 Å². The first kappa shape index (κ1) is 13.1. The van der Waals surface area contributed by atoms with Crippen molar-refractivity contribution in [2.45, 2.75) is 25.3 Å². The molecule has 5 heteroatoms. The number of hydrogen-bond acceptors (Lipinski definition) is 4. The van der Waals surface area contributed by atoms with Crippen LogP contribution >= 0.6 is 0 Å². The number of rotatable bonds is 1. The molecule has 1 fully saturated rings. The number of carbonyl (C=O) groups is 1. The van der Waals surface area contributed by atoms with E-state index in [2.05, 4.69) is 28.1 Å². The lowest BCUT2D eigenvalue weighted by atomic mass is 10.0. The molecule has 0 bridgehead atoms. The van der Waals surface area contributed by atoms with Crippen LogP contribution < -0.4 is 16.0 Å². The third-order valence-electron chi connectivity index (χ3n) is 3.36. The van der Waals surface area contributed by atoms with E-state index in [0.717, 1.165) is 19.6 Å². The van der Waals surface area contributed by atoms with E-state index in [-0.39, 0.29) is 0 Å². The molecule has 0 aromatic rings. The van der Waals surface area contributed by atoms with Crippen molar-refractivity contribution < 1.29 is 9.90 Å². The first-order valence-corrected chi connectivity index (χ1v) is 6.56. The molecule has 5 nitrogen and oxygen atoms in total. The zero-order valence-electron chi connectivity index (χ0n) is 10.5. The third kappa shape index (κ3) is 3.58. The summed E-state index contributed by atoms with van der Waals surface area (Å²) in [5.41, 5.74) is 3.04. The van der Waals surface area contributed by atoms with Crippen molar-refractivity contribution in [2.75, 3.05) is 26.2 Å². The second-order valence-electron chi connectivity index (χ2n) is 4.68. The fraction of sp³-hybridized carbons (Fsp3) is 0.615. The van der Waals surface area contributed by atoms with Crippen molar-refractivity contribution in [1.29, 1.82) is 0 Å². The number of hydrogen-bond donors (Lipinski definition) is 4. The lowest BCUT2D eigenvalue weighted by molar-refractivity contribution is -0.139. The lowest BCUT2D eigenvalue weighted by Gasteiger charge is -2.20. The van der Waals surface area contributed by atoms with Gasteiger partial charge in [-0.05, 0) is 30.9 Å². The maximum Gasteiger partial charge on any atom is 0.322 e. The molecule has 4 N–H and O–H groups in total. The third-order valence-corrected chi connectivity index (χ3v) is 3.36. The minimum Gasteiger partial charge on any atom is -0.480 e. The van der Waals surface area contributed by atoms with E-state index in [1.54, 1.807) is 5.57 Å². The van der Waals surface area contributed by atoms with Gasteiger partial charge in [0.05, 0.1) is 0 Å². The molecule has 3 aliphatic rings. The topological polar surface area (TPSA) is 73.4 Å². The molecular formula is C13H21N3O2. The molecule has 3 rings (SSSR count). The highest BCUT2D eigenvalue weighted by Gasteiger charge is 2.18. The van der Waals surface area contributed by atoms with Gasteiger partial charge >= 0.3 is 5.97 Å². The van der Waals surface area contributed by atoms with Crippen molar-refractivity contribution in [3.63, 3.8) is 0 Å². The molecule has 1 unspecified atom stereocenters. The van der Waals surface area contributed by atoms with Gasteiger partial charge in [-0.15, -0.1) is 0 Å². The van der Waals surface area contributed by atoms with Gasteiger partial charge in [-0.25, -0.2) is 0 Å². The molecule has 1 atom stereocenters. The normalized spacial score (nSPS) is 25.9. The fourth-order valence-electron chi connectivity index (χ4n) is 2.33. The van der Waals surface area contributed by atoms with Crippen LogP contribution in [0.4, 0.5) is 0 Å². The van der Waals surface area contributed by atoms with Crippen LogP contribution in [-0.2, 0) is 4.79 Å². The van der Waals surface area contributed by atoms with Crippen molar-refractivity contribution >= 4 is 5.97 Å². The average Bonchev–Trinajstić information content (AvgIpc) is 2.89. The van der Waals surface area contributed by atoms with Crippen LogP contribution in [0.3, 0.4) is 0 Å². The standard InChI is InChI=1S/C8H11N.C5H10N2O2/c1-2-4-8-7(3-1)5-6-9-8;8-5(9)4-3-6-1-2-7-4/h2,4,9H,1,3,5-6H2;4,6-7H,1-3H2,(H,8,9). The number of nitrogens with one attached hydrogen (secondary N) is 3. The van der Waals surface area contributed by atoms with Gasteiger partial charge in [-0.2, -0.15) is 0 Å². The Hall–Kier alpha value is -1.33. The molecule has 2 aliphatic heterocycles. The van der Waals surface area contributed by atoms with Crippen LogP contribution in [-0.4, -0.2) is 43.3 Å². The average molecular weight is 251 g/mol. The summed E-state index contributed by atoms with van der Waals surface area (Å²) in [6, 6.07) is -0.390. The van der Waals surface area contributed by atoms with Crippen LogP contribution in [0.25, 0.3) is 0 Å². The summed E-state index contributed by atoms with van der Waals surface area (Å²) in [7, 11) is 0. The summed E-state index contributed by atoms with van der Waals surface area (Å²) < 4.78 is 0. The minimum absolute atomic E-state index is 0.390. The highest BCUT2D eigenvalue weighted by Crippen LogP contribution is 2.23. The molecule has 0 amide bonds. The van der Waals surface area contributed by atoms with Gasteiger partial charge in [0.15, 0.2) is 0 Å². The second-order valence-corrected chi connectivity index (χ2v) is 4.68. The molecule has 0 saturated carbocycles. The Morgan fingerprint density at radius 3 is 2.78 bits per heavy atom. The van der Waals surface area contributed by atoms with Crippen LogP contribution in [0.2, 0.25) is 0 Å². The fourth-order valence-corrected chi connectivity index (χ4v) is 2.33. The number of aliphatic carboxylic acids is 1. The SMILES string of the molecule is C1=CC2=C(CC1)CCN2.O=C(O)C1CNCCN1. The van der Waals surface area contributed by atoms with E-state index >= 15 is 0 Å². The van der Waals surface area contributed by atoms with E-state index in [4.69, 9.17) is 5.11 Å². The van der Waals surface area contributed by atoms with Gasteiger partial charge in [0, 0.05) is 31.9 Å². The Morgan fingerprint density at radius 1 is 1.28 bits per heavy atom. The van der Waals surface area contributed by atoms with Gasteiger partial charge in [0.1, 0.15) is 6.04 Å². The van der Waals surface area contributed by atoms with E-state index in [9.17, 15) is 4.79 Å². The number of piperazine rings is 1. The van der Waals surface area contributed by atoms with E-state index in [0.29, 0.717) is 6.54 Å². The minimum atomic E-state index is -0.776. The van der Waals surface area contributed by atoms with Crippen molar-refractivity contribution in [2.24, 2.45) is 0 Å². The quantitative estimate of drug-likeness (QED) is 0.536. The highest BCUT2D eigenvalue weighted by atomic mass is 16.4. The molecule has 2 heterocycles. The summed E-state index contributed by atoms with van der Waals surface area (Å²) in [4.78, 5) is 10.3. The summed E-state index contributed by atoms with van der Waals surface area (Å²) in [5.74, 6) is -0.776.